The lowest BCUT2D eigenvalue weighted by Crippen LogP contribution is -2.42. The quantitative estimate of drug-likeness (QED) is 0.691. The van der Waals surface area contributed by atoms with E-state index >= 15 is 0 Å². The van der Waals surface area contributed by atoms with Crippen molar-refractivity contribution in [1.82, 2.24) is 10.0 Å². The zero-order chi connectivity index (χ0) is 21.3. The topological polar surface area (TPSA) is 75.7 Å². The van der Waals surface area contributed by atoms with Crippen LogP contribution in [0.2, 0.25) is 0 Å². The van der Waals surface area contributed by atoms with E-state index in [-0.39, 0.29) is 5.91 Å². The number of fused-ring (bicyclic) bond motifs is 1. The number of rotatable bonds is 6. The Morgan fingerprint density at radius 3 is 2.67 bits per heavy atom. The third-order valence-corrected chi connectivity index (χ3v) is 6.70. The Hall–Kier alpha value is -2.27. The van der Waals surface area contributed by atoms with Gasteiger partial charge in [-0.3, -0.25) is 9.80 Å². The van der Waals surface area contributed by atoms with E-state index in [1.165, 1.54) is 32.1 Å². The highest BCUT2D eigenvalue weighted by molar-refractivity contribution is 7.38. The normalized spacial score (nSPS) is 17.4. The van der Waals surface area contributed by atoms with Crippen molar-refractivity contribution in [2.24, 2.45) is 5.92 Å². The monoisotopic (exact) mass is 425 g/mol. The molecular weight excluding hydrogens is 397 g/mol. The van der Waals surface area contributed by atoms with Crippen LogP contribution in [-0.2, 0) is 11.1 Å². The van der Waals surface area contributed by atoms with Crippen LogP contribution < -0.4 is 9.98 Å². The lowest BCUT2D eigenvalue weighted by atomic mass is 9.89. The summed E-state index contributed by atoms with van der Waals surface area (Å²) in [6.07, 6.45) is 6.43. The van der Waals surface area contributed by atoms with Gasteiger partial charge in [-0.05, 0) is 70.7 Å². The van der Waals surface area contributed by atoms with Crippen LogP contribution in [0.5, 0.6) is 0 Å². The van der Waals surface area contributed by atoms with Crippen molar-refractivity contribution in [3.8, 4) is 11.1 Å². The van der Waals surface area contributed by atoms with E-state index in [2.05, 4.69) is 16.2 Å². The van der Waals surface area contributed by atoms with E-state index < -0.39 is 8.18 Å². The largest absolute Gasteiger partial charge is 0.573 e. The molecule has 0 spiro atoms. The maximum Gasteiger partial charge on any atom is 0.437 e. The standard InChI is InChI=1S/C23H28N3O3P/c1-16-11-19(18-9-6-10-21(13-18)24-30(28)29)12-20-15-26(23(27)22(16)20)25(2)14-17-7-4-3-5-8-17/h6,9-13,17H,3-5,7-8,14-15H2,1-2H3,(H,24,28,29). The second-order valence-electron chi connectivity index (χ2n) is 8.48. The molecule has 1 atom stereocenters. The number of benzene rings is 2. The molecule has 0 radical (unpaired) electrons. The van der Waals surface area contributed by atoms with Gasteiger partial charge < -0.3 is 4.89 Å². The molecule has 0 aromatic heterocycles. The molecular formula is C23H28N3O3P. The van der Waals surface area contributed by atoms with Crippen molar-refractivity contribution in [2.75, 3.05) is 18.7 Å². The van der Waals surface area contributed by atoms with E-state index in [0.717, 1.165) is 34.4 Å². The molecule has 1 aliphatic heterocycles. The summed E-state index contributed by atoms with van der Waals surface area (Å²) in [6.45, 7) is 3.48. The Bertz CT molecular complexity index is 972. The number of anilines is 1. The second kappa shape index (κ2) is 8.84. The summed E-state index contributed by atoms with van der Waals surface area (Å²) in [4.78, 5) is 24.1. The van der Waals surface area contributed by atoms with Crippen LogP contribution in [0.15, 0.2) is 36.4 Å². The van der Waals surface area contributed by atoms with Crippen molar-refractivity contribution < 1.29 is 14.3 Å². The minimum Gasteiger partial charge on any atom is -0.573 e. The van der Waals surface area contributed by atoms with Gasteiger partial charge in [-0.15, -0.1) is 0 Å². The van der Waals surface area contributed by atoms with Crippen LogP contribution >= 0.6 is 8.18 Å². The summed E-state index contributed by atoms with van der Waals surface area (Å²) in [6, 6.07) is 11.4. The number of carbonyl (C=O) groups is 1. The summed E-state index contributed by atoms with van der Waals surface area (Å²) in [5.41, 5.74) is 5.22. The first-order valence-corrected chi connectivity index (χ1v) is 11.8. The van der Waals surface area contributed by atoms with Gasteiger partial charge in [0.05, 0.1) is 12.2 Å². The van der Waals surface area contributed by atoms with E-state index in [1.807, 2.05) is 43.2 Å². The van der Waals surface area contributed by atoms with E-state index in [0.29, 0.717) is 18.2 Å². The molecule has 1 amide bonds. The van der Waals surface area contributed by atoms with Crippen molar-refractivity contribution in [3.63, 3.8) is 0 Å². The molecule has 0 bridgehead atoms. The molecule has 7 heteroatoms. The Labute approximate surface area is 178 Å². The predicted octanol–water partition coefficient (Wildman–Crippen LogP) is 4.47. The van der Waals surface area contributed by atoms with Crippen molar-refractivity contribution in [3.05, 3.63) is 53.1 Å². The molecule has 1 unspecified atom stereocenters. The highest BCUT2D eigenvalue weighted by Crippen LogP contribution is 2.34. The van der Waals surface area contributed by atoms with Crippen molar-refractivity contribution in [2.45, 2.75) is 45.6 Å². The van der Waals surface area contributed by atoms with Gasteiger partial charge in [0.1, 0.15) is 0 Å². The lowest BCUT2D eigenvalue weighted by Gasteiger charge is -2.32. The minimum atomic E-state index is -2.70. The molecule has 2 aromatic carbocycles. The van der Waals surface area contributed by atoms with Gasteiger partial charge in [-0.25, -0.2) is 5.01 Å². The number of amides is 1. The average Bonchev–Trinajstić information content (AvgIpc) is 3.05. The molecule has 30 heavy (non-hydrogen) atoms. The first-order valence-electron chi connectivity index (χ1n) is 10.6. The molecule has 1 heterocycles. The summed E-state index contributed by atoms with van der Waals surface area (Å²) >= 11 is 0. The number of hydrogen-bond acceptors (Lipinski definition) is 4. The Balaban J connectivity index is 1.56. The van der Waals surface area contributed by atoms with E-state index in [1.54, 1.807) is 6.07 Å². The lowest BCUT2D eigenvalue weighted by molar-refractivity contribution is -0.162. The summed E-state index contributed by atoms with van der Waals surface area (Å²) < 4.78 is 11.0. The van der Waals surface area contributed by atoms with Crippen LogP contribution in [0.25, 0.3) is 11.1 Å². The highest BCUT2D eigenvalue weighted by Gasteiger charge is 2.33. The van der Waals surface area contributed by atoms with Crippen LogP contribution in [0.1, 0.15) is 53.6 Å². The number of nitrogens with zero attached hydrogens (tertiary/aromatic N) is 2. The van der Waals surface area contributed by atoms with Gasteiger partial charge in [0.25, 0.3) is 5.91 Å². The third-order valence-electron chi connectivity index (χ3n) is 6.26. The smallest absolute Gasteiger partial charge is 0.437 e. The number of hydrogen-bond donors (Lipinski definition) is 1. The number of nitrogens with one attached hydrogen (secondary N) is 1. The SMILES string of the molecule is Cc1cc(-c2cccc(N[P+](=O)[O-])c2)cc2c1C(=O)N(N(C)CC1CCCCC1)C2. The fourth-order valence-electron chi connectivity index (χ4n) is 4.81. The number of hydrazine groups is 1. The highest BCUT2D eigenvalue weighted by atomic mass is 31.1. The summed E-state index contributed by atoms with van der Waals surface area (Å²) in [7, 11) is -0.681. The van der Waals surface area contributed by atoms with Gasteiger partial charge in [-0.2, -0.15) is 5.09 Å². The molecule has 2 aromatic rings. The zero-order valence-electron chi connectivity index (χ0n) is 17.6. The zero-order valence-corrected chi connectivity index (χ0v) is 18.5. The van der Waals surface area contributed by atoms with Gasteiger partial charge in [0, 0.05) is 19.2 Å². The average molecular weight is 425 g/mol. The molecule has 1 saturated carbocycles. The van der Waals surface area contributed by atoms with Crippen molar-refractivity contribution in [1.29, 1.82) is 0 Å². The Morgan fingerprint density at radius 1 is 1.17 bits per heavy atom. The third kappa shape index (κ3) is 4.41. The van der Waals surface area contributed by atoms with Gasteiger partial charge in [0.2, 0.25) is 0 Å². The molecule has 4 rings (SSSR count). The first kappa shape index (κ1) is 21.0. The fourth-order valence-corrected chi connectivity index (χ4v) is 5.16. The fraction of sp³-hybridized carbons (Fsp3) is 0.435. The molecule has 2 aliphatic rings. The Morgan fingerprint density at radius 2 is 1.93 bits per heavy atom. The van der Waals surface area contributed by atoms with Gasteiger partial charge in [-0.1, -0.05) is 37.5 Å². The molecule has 1 N–H and O–H groups in total. The molecule has 1 fully saturated rings. The molecule has 0 saturated heterocycles. The summed E-state index contributed by atoms with van der Waals surface area (Å²) in [5.74, 6) is 0.741. The van der Waals surface area contributed by atoms with Crippen LogP contribution in [0.4, 0.5) is 5.69 Å². The number of aryl methyl sites for hydroxylation is 1. The van der Waals surface area contributed by atoms with Crippen LogP contribution in [-0.4, -0.2) is 29.5 Å². The van der Waals surface area contributed by atoms with E-state index in [4.69, 9.17) is 0 Å². The predicted molar refractivity (Wildman–Crippen MR) is 117 cm³/mol. The van der Waals surface area contributed by atoms with Crippen LogP contribution in [0.3, 0.4) is 0 Å². The molecule has 1 aliphatic carbocycles. The Kier molecular flexibility index (Phi) is 6.19. The first-order chi connectivity index (χ1) is 14.4. The van der Waals surface area contributed by atoms with Crippen LogP contribution in [0, 0.1) is 12.8 Å². The molecule has 158 valence electrons. The molecule has 6 nitrogen and oxygen atoms in total. The van der Waals surface area contributed by atoms with Gasteiger partial charge >= 0.3 is 8.18 Å². The van der Waals surface area contributed by atoms with Crippen molar-refractivity contribution >= 4 is 19.8 Å². The summed E-state index contributed by atoms with van der Waals surface area (Å²) in [5, 5.41) is 6.41. The maximum atomic E-state index is 13.1. The number of carbonyl (C=O) groups excluding carboxylic acids is 1. The van der Waals surface area contributed by atoms with E-state index in [9.17, 15) is 14.3 Å². The minimum absolute atomic E-state index is 0.0751. The van der Waals surface area contributed by atoms with Gasteiger partial charge in [0.15, 0.2) is 0 Å². The second-order valence-corrected chi connectivity index (χ2v) is 9.22. The maximum absolute atomic E-state index is 13.1.